The van der Waals surface area contributed by atoms with Gasteiger partial charge in [0, 0.05) is 44.6 Å². The molecule has 1 aromatic carbocycles. The molecular formula is C20H23N7O3S2. The highest BCUT2D eigenvalue weighted by Crippen LogP contribution is 2.26. The van der Waals surface area contributed by atoms with Gasteiger partial charge in [-0.25, -0.2) is 0 Å². The summed E-state index contributed by atoms with van der Waals surface area (Å²) in [6.45, 7) is 4.71. The molecule has 0 radical (unpaired) electrons. The molecule has 168 valence electrons. The molecular weight excluding hydrogens is 450 g/mol. The number of anilines is 1. The summed E-state index contributed by atoms with van der Waals surface area (Å²) >= 11 is 2.46. The minimum atomic E-state index is -0.389. The lowest BCUT2D eigenvalue weighted by atomic mass is 10.2. The Labute approximate surface area is 193 Å². The van der Waals surface area contributed by atoms with E-state index in [1.807, 2.05) is 30.3 Å². The van der Waals surface area contributed by atoms with Crippen molar-refractivity contribution >= 4 is 39.6 Å². The lowest BCUT2D eigenvalue weighted by Crippen LogP contribution is -2.41. The lowest BCUT2D eigenvalue weighted by Gasteiger charge is -2.26. The Bertz CT molecular complexity index is 1030. The van der Waals surface area contributed by atoms with Crippen LogP contribution in [-0.4, -0.2) is 76.5 Å². The van der Waals surface area contributed by atoms with Crippen molar-refractivity contribution in [1.82, 2.24) is 30.6 Å². The molecule has 2 N–H and O–H groups in total. The average Bonchev–Trinajstić information content (AvgIpc) is 3.49. The first kappa shape index (κ1) is 22.4. The minimum Gasteiger partial charge on any atom is -0.379 e. The molecule has 2 amide bonds. The van der Waals surface area contributed by atoms with Gasteiger partial charge >= 0.3 is 0 Å². The van der Waals surface area contributed by atoms with E-state index in [0.717, 1.165) is 43.4 Å². The summed E-state index contributed by atoms with van der Waals surface area (Å²) in [6, 6.07) is 9.63. The maximum atomic E-state index is 12.4. The van der Waals surface area contributed by atoms with Gasteiger partial charge in [-0.05, 0) is 0 Å². The van der Waals surface area contributed by atoms with E-state index in [1.165, 1.54) is 22.7 Å². The van der Waals surface area contributed by atoms with Crippen molar-refractivity contribution < 1.29 is 14.3 Å². The van der Waals surface area contributed by atoms with Crippen molar-refractivity contribution in [1.29, 1.82) is 0 Å². The zero-order valence-corrected chi connectivity index (χ0v) is 19.0. The molecule has 0 atom stereocenters. The third-order valence-electron chi connectivity index (χ3n) is 4.75. The van der Waals surface area contributed by atoms with E-state index in [0.29, 0.717) is 29.5 Å². The molecule has 0 aliphatic carbocycles. The van der Waals surface area contributed by atoms with Crippen molar-refractivity contribution in [3.8, 4) is 10.6 Å². The van der Waals surface area contributed by atoms with Crippen molar-refractivity contribution in [2.75, 3.05) is 44.7 Å². The Kier molecular flexibility index (Phi) is 7.82. The smallest absolute Gasteiger partial charge is 0.288 e. The van der Waals surface area contributed by atoms with E-state index in [9.17, 15) is 9.59 Å². The minimum absolute atomic E-state index is 0.0400. The maximum Gasteiger partial charge on any atom is 0.288 e. The normalized spacial score (nSPS) is 14.2. The summed E-state index contributed by atoms with van der Waals surface area (Å²) in [4.78, 5) is 26.8. The van der Waals surface area contributed by atoms with Gasteiger partial charge in [0.2, 0.25) is 16.0 Å². The molecule has 0 saturated carbocycles. The van der Waals surface area contributed by atoms with Crippen LogP contribution in [-0.2, 0) is 16.0 Å². The fourth-order valence-electron chi connectivity index (χ4n) is 3.06. The summed E-state index contributed by atoms with van der Waals surface area (Å²) < 4.78 is 5.31. The summed E-state index contributed by atoms with van der Waals surface area (Å²) in [5.41, 5.74) is 0.937. The second kappa shape index (κ2) is 11.2. The zero-order chi connectivity index (χ0) is 22.2. The summed E-state index contributed by atoms with van der Waals surface area (Å²) in [5, 5.41) is 23.7. The highest BCUT2D eigenvalue weighted by molar-refractivity contribution is 7.18. The molecule has 4 rings (SSSR count). The van der Waals surface area contributed by atoms with Gasteiger partial charge in [0.05, 0.1) is 13.2 Å². The van der Waals surface area contributed by atoms with Crippen LogP contribution in [0.15, 0.2) is 30.3 Å². The first-order valence-corrected chi connectivity index (χ1v) is 11.9. The number of aryl methyl sites for hydroxylation is 1. The summed E-state index contributed by atoms with van der Waals surface area (Å²) in [6.07, 6.45) is 0.738. The van der Waals surface area contributed by atoms with Crippen molar-refractivity contribution in [3.05, 3.63) is 40.3 Å². The van der Waals surface area contributed by atoms with Gasteiger partial charge in [0.1, 0.15) is 10.0 Å². The molecule has 3 aromatic rings. The molecule has 32 heavy (non-hydrogen) atoms. The van der Waals surface area contributed by atoms with Crippen LogP contribution in [0.5, 0.6) is 0 Å². The van der Waals surface area contributed by atoms with Crippen molar-refractivity contribution in [2.45, 2.75) is 12.8 Å². The number of ether oxygens (including phenoxy) is 1. The molecule has 12 heteroatoms. The van der Waals surface area contributed by atoms with Gasteiger partial charge in [0.25, 0.3) is 5.91 Å². The van der Waals surface area contributed by atoms with Crippen LogP contribution >= 0.6 is 22.7 Å². The van der Waals surface area contributed by atoms with Crippen LogP contribution < -0.4 is 10.6 Å². The predicted octanol–water partition coefficient (Wildman–Crippen LogP) is 1.69. The maximum absolute atomic E-state index is 12.4. The number of nitrogens with zero attached hydrogens (tertiary/aromatic N) is 5. The average molecular weight is 474 g/mol. The van der Waals surface area contributed by atoms with E-state index in [-0.39, 0.29) is 16.8 Å². The number of rotatable bonds is 9. The Morgan fingerprint density at radius 1 is 1.03 bits per heavy atom. The van der Waals surface area contributed by atoms with Crippen LogP contribution in [0.3, 0.4) is 0 Å². The van der Waals surface area contributed by atoms with Crippen LogP contribution in [0.4, 0.5) is 5.13 Å². The molecule has 0 spiro atoms. The standard InChI is InChI=1S/C20H23N7O3S2/c28-15(21-8-9-27-10-12-30-13-11-27)6-7-16-23-25-19(31-16)17(29)22-20-26-24-18(32-20)14-4-2-1-3-5-14/h1-5H,6-13H2,(H,21,28)(H,22,26,29). The zero-order valence-electron chi connectivity index (χ0n) is 17.3. The molecule has 1 saturated heterocycles. The molecule has 2 aromatic heterocycles. The SMILES string of the molecule is O=C(CCc1nnc(C(=O)Nc2nnc(-c3ccccc3)s2)s1)NCCN1CCOCC1. The molecule has 1 aliphatic heterocycles. The fourth-order valence-corrected chi connectivity index (χ4v) is 4.53. The van der Waals surface area contributed by atoms with E-state index in [1.54, 1.807) is 0 Å². The van der Waals surface area contributed by atoms with Crippen LogP contribution in [0.25, 0.3) is 10.6 Å². The van der Waals surface area contributed by atoms with Crippen LogP contribution in [0.1, 0.15) is 21.2 Å². The molecule has 3 heterocycles. The molecule has 0 bridgehead atoms. The molecule has 0 unspecified atom stereocenters. The topological polar surface area (TPSA) is 122 Å². The van der Waals surface area contributed by atoms with Gasteiger partial charge < -0.3 is 10.1 Å². The van der Waals surface area contributed by atoms with Gasteiger partial charge in [-0.3, -0.25) is 19.8 Å². The number of carbonyl (C=O) groups is 2. The van der Waals surface area contributed by atoms with E-state index >= 15 is 0 Å². The second-order valence-corrected chi connectivity index (χ2v) is 9.08. The number of benzene rings is 1. The fraction of sp³-hybridized carbons (Fsp3) is 0.400. The Balaban J connectivity index is 1.20. The van der Waals surface area contributed by atoms with Gasteiger partial charge in [-0.1, -0.05) is 53.0 Å². The third kappa shape index (κ3) is 6.36. The van der Waals surface area contributed by atoms with E-state index in [2.05, 4.69) is 35.9 Å². The number of morpholine rings is 1. The number of hydrogen-bond acceptors (Lipinski definition) is 10. The van der Waals surface area contributed by atoms with Gasteiger partial charge in [-0.2, -0.15) is 0 Å². The Morgan fingerprint density at radius 3 is 2.66 bits per heavy atom. The molecule has 1 fully saturated rings. The van der Waals surface area contributed by atoms with Crippen molar-refractivity contribution in [2.24, 2.45) is 0 Å². The van der Waals surface area contributed by atoms with Gasteiger partial charge in [0.15, 0.2) is 0 Å². The largest absolute Gasteiger partial charge is 0.379 e. The third-order valence-corrected chi connectivity index (χ3v) is 6.62. The Morgan fingerprint density at radius 2 is 1.84 bits per heavy atom. The quantitative estimate of drug-likeness (QED) is 0.481. The lowest BCUT2D eigenvalue weighted by molar-refractivity contribution is -0.121. The second-order valence-electron chi connectivity index (χ2n) is 7.04. The summed E-state index contributed by atoms with van der Waals surface area (Å²) in [5.74, 6) is -0.429. The number of carbonyl (C=O) groups excluding carboxylic acids is 2. The van der Waals surface area contributed by atoms with Crippen molar-refractivity contribution in [3.63, 3.8) is 0 Å². The number of amides is 2. The molecule has 1 aliphatic rings. The summed E-state index contributed by atoms with van der Waals surface area (Å²) in [7, 11) is 0. The van der Waals surface area contributed by atoms with Crippen LogP contribution in [0, 0.1) is 0 Å². The van der Waals surface area contributed by atoms with E-state index in [4.69, 9.17) is 4.74 Å². The predicted molar refractivity (Wildman–Crippen MR) is 122 cm³/mol. The highest BCUT2D eigenvalue weighted by Gasteiger charge is 2.17. The van der Waals surface area contributed by atoms with Crippen LogP contribution in [0.2, 0.25) is 0 Å². The first-order valence-electron chi connectivity index (χ1n) is 10.3. The monoisotopic (exact) mass is 473 g/mol. The highest BCUT2D eigenvalue weighted by atomic mass is 32.1. The first-order chi connectivity index (χ1) is 15.7. The number of hydrogen-bond donors (Lipinski definition) is 2. The number of nitrogens with one attached hydrogen (secondary N) is 2. The molecule has 10 nitrogen and oxygen atoms in total. The van der Waals surface area contributed by atoms with Gasteiger partial charge in [-0.15, -0.1) is 20.4 Å². The van der Waals surface area contributed by atoms with E-state index < -0.39 is 0 Å². The Hall–Kier alpha value is -2.80. The number of aromatic nitrogens is 4.